The summed E-state index contributed by atoms with van der Waals surface area (Å²) in [6, 6.07) is 4.96. The monoisotopic (exact) mass is 349 g/mol. The van der Waals surface area contributed by atoms with Crippen molar-refractivity contribution in [3.63, 3.8) is 0 Å². The van der Waals surface area contributed by atoms with Crippen LogP contribution >= 0.6 is 0 Å². The molecule has 25 heavy (non-hydrogen) atoms. The fraction of sp³-hybridized carbons (Fsp3) is 0.267. The first kappa shape index (κ1) is 18.1. The van der Waals surface area contributed by atoms with Crippen LogP contribution in [0.25, 0.3) is 0 Å². The third-order valence-corrected chi connectivity index (χ3v) is 3.28. The highest BCUT2D eigenvalue weighted by molar-refractivity contribution is 6.19. The maximum atomic E-state index is 12.3. The molecule has 0 spiro atoms. The van der Waals surface area contributed by atoms with Crippen molar-refractivity contribution in [2.24, 2.45) is 4.99 Å². The molecule has 1 aliphatic rings. The average molecular weight is 349 g/mol. The predicted molar refractivity (Wildman–Crippen MR) is 85.0 cm³/mol. The summed E-state index contributed by atoms with van der Waals surface area (Å²) in [4.78, 5) is 39.2. The smallest absolute Gasteiger partial charge is 0.422 e. The SMILES string of the molecule is COC(=O)C1=CN(C(=O)Oc2ccc([N+](=O)[O-])cc2)C(OC)N=C1C. The molecular weight excluding hydrogens is 334 g/mol. The summed E-state index contributed by atoms with van der Waals surface area (Å²) >= 11 is 0. The molecule has 0 saturated heterocycles. The van der Waals surface area contributed by atoms with Crippen LogP contribution in [0.4, 0.5) is 10.5 Å². The van der Waals surface area contributed by atoms with Gasteiger partial charge in [0, 0.05) is 25.4 Å². The van der Waals surface area contributed by atoms with Crippen LogP contribution in [-0.2, 0) is 14.3 Å². The molecule has 1 aliphatic heterocycles. The molecule has 1 aromatic carbocycles. The molecule has 0 radical (unpaired) electrons. The number of rotatable bonds is 4. The minimum atomic E-state index is -1.01. The molecule has 0 N–H and O–H groups in total. The van der Waals surface area contributed by atoms with Gasteiger partial charge in [0.2, 0.25) is 6.35 Å². The molecule has 132 valence electrons. The van der Waals surface area contributed by atoms with E-state index in [1.54, 1.807) is 6.92 Å². The maximum Gasteiger partial charge on any atom is 0.422 e. The summed E-state index contributed by atoms with van der Waals surface area (Å²) in [5.41, 5.74) is 0.287. The summed E-state index contributed by atoms with van der Waals surface area (Å²) in [6.07, 6.45) is -0.673. The summed E-state index contributed by atoms with van der Waals surface area (Å²) in [6.45, 7) is 1.58. The van der Waals surface area contributed by atoms with Crippen molar-refractivity contribution in [1.29, 1.82) is 0 Å². The molecule has 1 atom stereocenters. The number of ether oxygens (including phenoxy) is 3. The maximum absolute atomic E-state index is 12.3. The molecule has 0 fully saturated rings. The lowest BCUT2D eigenvalue weighted by molar-refractivity contribution is -0.384. The number of aliphatic imine (C=N–C) groups is 1. The number of amides is 1. The summed E-state index contributed by atoms with van der Waals surface area (Å²) < 4.78 is 14.9. The quantitative estimate of drug-likeness (QED) is 0.462. The number of carbonyl (C=O) groups is 2. The Kier molecular flexibility index (Phi) is 5.45. The van der Waals surface area contributed by atoms with Crippen LogP contribution in [0.3, 0.4) is 0 Å². The zero-order chi connectivity index (χ0) is 18.6. The summed E-state index contributed by atoms with van der Waals surface area (Å²) in [5, 5.41) is 10.6. The molecule has 0 saturated carbocycles. The van der Waals surface area contributed by atoms with Gasteiger partial charge < -0.3 is 14.2 Å². The van der Waals surface area contributed by atoms with E-state index in [1.165, 1.54) is 44.7 Å². The molecule has 10 nitrogen and oxygen atoms in total. The van der Waals surface area contributed by atoms with E-state index in [0.29, 0.717) is 5.71 Å². The Labute approximate surface area is 142 Å². The van der Waals surface area contributed by atoms with Crippen LogP contribution in [0.1, 0.15) is 6.92 Å². The van der Waals surface area contributed by atoms with Crippen LogP contribution in [-0.4, -0.2) is 48.2 Å². The number of benzene rings is 1. The molecular formula is C15H15N3O7. The molecule has 1 heterocycles. The van der Waals surface area contributed by atoms with E-state index in [0.717, 1.165) is 4.90 Å². The Morgan fingerprint density at radius 3 is 2.40 bits per heavy atom. The van der Waals surface area contributed by atoms with E-state index in [-0.39, 0.29) is 17.0 Å². The van der Waals surface area contributed by atoms with Gasteiger partial charge >= 0.3 is 12.1 Å². The fourth-order valence-electron chi connectivity index (χ4n) is 2.00. The molecule has 1 aromatic rings. The minimum absolute atomic E-state index is 0.0800. The highest BCUT2D eigenvalue weighted by atomic mass is 16.6. The first-order valence-corrected chi connectivity index (χ1v) is 6.99. The second-order valence-electron chi connectivity index (χ2n) is 4.84. The van der Waals surface area contributed by atoms with Crippen molar-refractivity contribution >= 4 is 23.5 Å². The first-order valence-electron chi connectivity index (χ1n) is 6.99. The van der Waals surface area contributed by atoms with Gasteiger partial charge in [0.25, 0.3) is 5.69 Å². The second-order valence-corrected chi connectivity index (χ2v) is 4.84. The van der Waals surface area contributed by atoms with Crippen LogP contribution < -0.4 is 4.74 Å². The topological polar surface area (TPSA) is 121 Å². The lowest BCUT2D eigenvalue weighted by atomic mass is 10.1. The number of non-ortho nitro benzene ring substituents is 1. The van der Waals surface area contributed by atoms with Gasteiger partial charge in [-0.3, -0.25) is 10.1 Å². The lowest BCUT2D eigenvalue weighted by Gasteiger charge is -2.28. The van der Waals surface area contributed by atoms with E-state index in [9.17, 15) is 19.7 Å². The zero-order valence-electron chi connectivity index (χ0n) is 13.7. The standard InChI is InChI=1S/C15H15N3O7/c1-9-12(13(19)23-2)8-17(14(16-9)24-3)15(20)25-11-6-4-10(5-7-11)18(21)22/h4-8,14H,1-3H3. The van der Waals surface area contributed by atoms with Crippen molar-refractivity contribution in [2.75, 3.05) is 14.2 Å². The van der Waals surface area contributed by atoms with E-state index in [2.05, 4.69) is 9.73 Å². The summed E-state index contributed by atoms with van der Waals surface area (Å²) in [5.74, 6) is -0.575. The first-order chi connectivity index (χ1) is 11.9. The van der Waals surface area contributed by atoms with Gasteiger partial charge in [-0.15, -0.1) is 0 Å². The van der Waals surface area contributed by atoms with Crippen LogP contribution in [0.2, 0.25) is 0 Å². The molecule has 1 unspecified atom stereocenters. The van der Waals surface area contributed by atoms with E-state index >= 15 is 0 Å². The number of nitrogens with zero attached hydrogens (tertiary/aromatic N) is 3. The van der Waals surface area contributed by atoms with Crippen molar-refractivity contribution in [2.45, 2.75) is 13.3 Å². The molecule has 0 aliphatic carbocycles. The molecule has 0 aromatic heterocycles. The van der Waals surface area contributed by atoms with E-state index < -0.39 is 23.3 Å². The molecule has 2 rings (SSSR count). The third-order valence-electron chi connectivity index (χ3n) is 3.28. The van der Waals surface area contributed by atoms with Gasteiger partial charge in [-0.25, -0.2) is 19.5 Å². The van der Waals surface area contributed by atoms with Gasteiger partial charge in [-0.1, -0.05) is 0 Å². The predicted octanol–water partition coefficient (Wildman–Crippen LogP) is 1.86. The molecule has 10 heteroatoms. The number of esters is 1. The number of carbonyl (C=O) groups excluding carboxylic acids is 2. The molecule has 0 bridgehead atoms. The summed E-state index contributed by atoms with van der Waals surface area (Å²) in [7, 11) is 2.54. The Bertz CT molecular complexity index is 755. The third kappa shape index (κ3) is 3.98. The Balaban J connectivity index is 2.22. The van der Waals surface area contributed by atoms with Crippen molar-refractivity contribution in [1.82, 2.24) is 4.90 Å². The Hall–Kier alpha value is -3.27. The van der Waals surface area contributed by atoms with Crippen LogP contribution in [0.15, 0.2) is 41.0 Å². The number of hydrogen-bond acceptors (Lipinski definition) is 8. The lowest BCUT2D eigenvalue weighted by Crippen LogP contribution is -2.42. The Morgan fingerprint density at radius 1 is 1.24 bits per heavy atom. The van der Waals surface area contributed by atoms with Crippen LogP contribution in [0.5, 0.6) is 5.75 Å². The highest BCUT2D eigenvalue weighted by Crippen LogP contribution is 2.21. The Morgan fingerprint density at radius 2 is 1.88 bits per heavy atom. The number of nitro groups is 1. The number of methoxy groups -OCH3 is 2. The zero-order valence-corrected chi connectivity index (χ0v) is 13.7. The largest absolute Gasteiger partial charge is 0.465 e. The average Bonchev–Trinajstić information content (AvgIpc) is 2.61. The number of nitro benzene ring substituents is 1. The van der Waals surface area contributed by atoms with Gasteiger partial charge in [0.05, 0.1) is 23.3 Å². The van der Waals surface area contributed by atoms with Gasteiger partial charge in [0.1, 0.15) is 5.75 Å². The van der Waals surface area contributed by atoms with Crippen LogP contribution in [0, 0.1) is 10.1 Å². The fourth-order valence-corrected chi connectivity index (χ4v) is 2.00. The van der Waals surface area contributed by atoms with E-state index in [1.807, 2.05) is 0 Å². The van der Waals surface area contributed by atoms with Gasteiger partial charge in [-0.2, -0.15) is 0 Å². The van der Waals surface area contributed by atoms with Gasteiger partial charge in [0.15, 0.2) is 0 Å². The number of hydrogen-bond donors (Lipinski definition) is 0. The molecule has 1 amide bonds. The highest BCUT2D eigenvalue weighted by Gasteiger charge is 2.31. The van der Waals surface area contributed by atoms with Gasteiger partial charge in [-0.05, 0) is 19.1 Å². The minimum Gasteiger partial charge on any atom is -0.465 e. The van der Waals surface area contributed by atoms with Crippen molar-refractivity contribution in [3.8, 4) is 5.75 Å². The van der Waals surface area contributed by atoms with Crippen molar-refractivity contribution < 1.29 is 28.7 Å². The van der Waals surface area contributed by atoms with Crippen molar-refractivity contribution in [3.05, 3.63) is 46.2 Å². The normalized spacial score (nSPS) is 16.6. The second kappa shape index (κ2) is 7.53. The van der Waals surface area contributed by atoms with E-state index in [4.69, 9.17) is 9.47 Å².